The lowest BCUT2D eigenvalue weighted by Gasteiger charge is -2.14. The van der Waals surface area contributed by atoms with Crippen molar-refractivity contribution in [3.8, 4) is 5.75 Å². The molecule has 2 aromatic carbocycles. The monoisotopic (exact) mass is 367 g/mol. The van der Waals surface area contributed by atoms with Crippen LogP contribution in [0.4, 0.5) is 18.9 Å². The van der Waals surface area contributed by atoms with Crippen LogP contribution in [0, 0.1) is 0 Å². The number of nitrogens with one attached hydrogen (secondary N) is 1. The van der Waals surface area contributed by atoms with Crippen molar-refractivity contribution < 1.29 is 32.6 Å². The Morgan fingerprint density at radius 1 is 1.15 bits per heavy atom. The van der Waals surface area contributed by atoms with E-state index in [-0.39, 0.29) is 35.9 Å². The second-order valence-corrected chi connectivity index (χ2v) is 5.37. The molecule has 2 rings (SSSR count). The minimum atomic E-state index is -4.56. The van der Waals surface area contributed by atoms with E-state index >= 15 is 0 Å². The number of aromatic carboxylic acids is 1. The third-order valence-corrected chi connectivity index (χ3v) is 3.50. The number of ether oxygens (including phenoxy) is 1. The molecule has 0 saturated carbocycles. The molecule has 0 radical (unpaired) electrons. The third-order valence-electron chi connectivity index (χ3n) is 3.50. The first-order valence-electron chi connectivity index (χ1n) is 7.67. The van der Waals surface area contributed by atoms with Gasteiger partial charge in [0.15, 0.2) is 0 Å². The molecule has 0 bridgehead atoms. The molecule has 0 aliphatic rings. The Kier molecular flexibility index (Phi) is 5.86. The minimum absolute atomic E-state index is 0.115. The number of benzene rings is 2. The zero-order chi connectivity index (χ0) is 19.3. The van der Waals surface area contributed by atoms with E-state index in [1.807, 2.05) is 0 Å². The highest BCUT2D eigenvalue weighted by molar-refractivity contribution is 6.00. The van der Waals surface area contributed by atoms with Gasteiger partial charge in [-0.15, -0.1) is 0 Å². The Bertz CT molecular complexity index is 818. The molecular weight excluding hydrogens is 351 g/mol. The summed E-state index contributed by atoms with van der Waals surface area (Å²) in [5.74, 6) is -1.97. The van der Waals surface area contributed by atoms with Gasteiger partial charge in [0.25, 0.3) is 0 Å². The molecule has 0 aliphatic carbocycles. The van der Waals surface area contributed by atoms with E-state index < -0.39 is 17.7 Å². The van der Waals surface area contributed by atoms with Crippen LogP contribution in [-0.2, 0) is 17.6 Å². The van der Waals surface area contributed by atoms with E-state index in [1.54, 1.807) is 6.92 Å². The number of carbonyl (C=O) groups excluding carboxylic acids is 1. The Morgan fingerprint density at radius 3 is 2.46 bits per heavy atom. The van der Waals surface area contributed by atoms with Crippen molar-refractivity contribution in [1.29, 1.82) is 0 Å². The van der Waals surface area contributed by atoms with Gasteiger partial charge in [-0.2, -0.15) is 13.2 Å². The molecule has 0 unspecified atom stereocenters. The molecule has 2 N–H and O–H groups in total. The fourth-order valence-corrected chi connectivity index (χ4v) is 2.19. The fraction of sp³-hybridized carbons (Fsp3) is 0.222. The number of halogens is 3. The van der Waals surface area contributed by atoms with Crippen LogP contribution in [0.15, 0.2) is 42.5 Å². The van der Waals surface area contributed by atoms with E-state index in [9.17, 15) is 27.9 Å². The van der Waals surface area contributed by atoms with Crippen LogP contribution in [0.5, 0.6) is 5.75 Å². The van der Waals surface area contributed by atoms with E-state index in [2.05, 4.69) is 5.32 Å². The number of carboxylic acid groups (broad SMARTS) is 1. The maximum absolute atomic E-state index is 13.0. The van der Waals surface area contributed by atoms with Gasteiger partial charge in [0.1, 0.15) is 12.4 Å². The summed E-state index contributed by atoms with van der Waals surface area (Å²) in [7, 11) is 0. The van der Waals surface area contributed by atoms with Crippen molar-refractivity contribution in [3.63, 3.8) is 0 Å². The van der Waals surface area contributed by atoms with Gasteiger partial charge in [-0.3, -0.25) is 4.79 Å². The highest BCUT2D eigenvalue weighted by Crippen LogP contribution is 2.36. The normalized spacial score (nSPS) is 11.1. The lowest BCUT2D eigenvalue weighted by molar-refractivity contribution is -0.139. The van der Waals surface area contributed by atoms with Gasteiger partial charge >= 0.3 is 12.1 Å². The first kappa shape index (κ1) is 19.3. The lowest BCUT2D eigenvalue weighted by atomic mass is 10.1. The second-order valence-electron chi connectivity index (χ2n) is 5.37. The standard InChI is InChI=1S/C18H16F3NO4/c1-2-16(23)22-14-8-7-11(9-12(14)17(24)25)10-26-15-6-4-3-5-13(15)18(19,20)21/h3-9H,2,10H2,1H3,(H,22,23)(H,24,25). The zero-order valence-electron chi connectivity index (χ0n) is 13.8. The lowest BCUT2D eigenvalue weighted by Crippen LogP contribution is -2.14. The van der Waals surface area contributed by atoms with Crippen LogP contribution >= 0.6 is 0 Å². The number of amides is 1. The highest BCUT2D eigenvalue weighted by atomic mass is 19.4. The van der Waals surface area contributed by atoms with E-state index in [0.717, 1.165) is 6.07 Å². The Hall–Kier alpha value is -3.03. The maximum atomic E-state index is 13.0. The number of hydrogen-bond donors (Lipinski definition) is 2. The van der Waals surface area contributed by atoms with Gasteiger partial charge in [0, 0.05) is 6.42 Å². The van der Waals surface area contributed by atoms with Gasteiger partial charge in [0.05, 0.1) is 16.8 Å². The summed E-state index contributed by atoms with van der Waals surface area (Å²) < 4.78 is 44.1. The summed E-state index contributed by atoms with van der Waals surface area (Å²) in [6, 6.07) is 8.88. The minimum Gasteiger partial charge on any atom is -0.488 e. The highest BCUT2D eigenvalue weighted by Gasteiger charge is 2.34. The predicted octanol–water partition coefficient (Wildman–Crippen LogP) is 4.33. The number of hydrogen-bond acceptors (Lipinski definition) is 3. The summed E-state index contributed by atoms with van der Waals surface area (Å²) >= 11 is 0. The third kappa shape index (κ3) is 4.75. The molecule has 0 saturated heterocycles. The molecule has 0 fully saturated rings. The largest absolute Gasteiger partial charge is 0.488 e. The average molecular weight is 367 g/mol. The number of carbonyl (C=O) groups is 2. The zero-order valence-corrected chi connectivity index (χ0v) is 13.8. The molecule has 1 amide bonds. The van der Waals surface area contributed by atoms with Crippen LogP contribution < -0.4 is 10.1 Å². The average Bonchev–Trinajstić information content (AvgIpc) is 2.60. The SMILES string of the molecule is CCC(=O)Nc1ccc(COc2ccccc2C(F)(F)F)cc1C(=O)O. The quantitative estimate of drug-likeness (QED) is 0.797. The number of anilines is 1. The van der Waals surface area contributed by atoms with Crippen molar-refractivity contribution in [2.75, 3.05) is 5.32 Å². The summed E-state index contributed by atoms with van der Waals surface area (Å²) in [6.07, 6.45) is -4.38. The van der Waals surface area contributed by atoms with Crippen molar-refractivity contribution in [2.45, 2.75) is 26.1 Å². The summed E-state index contributed by atoms with van der Waals surface area (Å²) in [4.78, 5) is 22.8. The van der Waals surface area contributed by atoms with Gasteiger partial charge in [-0.25, -0.2) is 4.79 Å². The number of rotatable bonds is 6. The van der Waals surface area contributed by atoms with Crippen LogP contribution in [0.3, 0.4) is 0 Å². The topological polar surface area (TPSA) is 75.6 Å². The van der Waals surface area contributed by atoms with Crippen LogP contribution in [0.1, 0.15) is 34.8 Å². The Morgan fingerprint density at radius 2 is 1.85 bits per heavy atom. The van der Waals surface area contributed by atoms with Crippen molar-refractivity contribution in [3.05, 3.63) is 59.2 Å². The first-order valence-corrected chi connectivity index (χ1v) is 7.67. The molecule has 2 aromatic rings. The van der Waals surface area contributed by atoms with Crippen molar-refractivity contribution in [1.82, 2.24) is 0 Å². The Balaban J connectivity index is 2.22. The van der Waals surface area contributed by atoms with Gasteiger partial charge in [0.2, 0.25) is 5.91 Å². The second kappa shape index (κ2) is 7.90. The molecule has 8 heteroatoms. The van der Waals surface area contributed by atoms with Crippen molar-refractivity contribution in [2.24, 2.45) is 0 Å². The molecular formula is C18H16F3NO4. The van der Waals surface area contributed by atoms with Crippen molar-refractivity contribution >= 4 is 17.6 Å². The summed E-state index contributed by atoms with van der Waals surface area (Å²) in [5.41, 5.74) is -0.611. The molecule has 0 aromatic heterocycles. The van der Waals surface area contributed by atoms with Gasteiger partial charge in [-0.1, -0.05) is 25.1 Å². The molecule has 0 heterocycles. The first-order chi connectivity index (χ1) is 12.2. The molecule has 138 valence electrons. The maximum Gasteiger partial charge on any atom is 0.419 e. The number of para-hydroxylation sites is 1. The van der Waals surface area contributed by atoms with E-state index in [4.69, 9.17) is 4.74 Å². The number of alkyl halides is 3. The van der Waals surface area contributed by atoms with Crippen LogP contribution in [-0.4, -0.2) is 17.0 Å². The van der Waals surface area contributed by atoms with E-state index in [1.165, 1.54) is 36.4 Å². The van der Waals surface area contributed by atoms with E-state index in [0.29, 0.717) is 5.56 Å². The van der Waals surface area contributed by atoms with Gasteiger partial charge in [-0.05, 0) is 29.8 Å². The molecule has 0 atom stereocenters. The molecule has 0 spiro atoms. The number of carboxylic acids is 1. The van der Waals surface area contributed by atoms with Gasteiger partial charge < -0.3 is 15.2 Å². The molecule has 5 nitrogen and oxygen atoms in total. The smallest absolute Gasteiger partial charge is 0.419 e. The Labute approximate surface area is 147 Å². The molecule has 26 heavy (non-hydrogen) atoms. The van der Waals surface area contributed by atoms with Crippen LogP contribution in [0.25, 0.3) is 0 Å². The molecule has 0 aliphatic heterocycles. The predicted molar refractivity (Wildman–Crippen MR) is 88.1 cm³/mol. The summed E-state index contributed by atoms with van der Waals surface area (Å²) in [6.45, 7) is 1.37. The fourth-order valence-electron chi connectivity index (χ4n) is 2.19. The summed E-state index contributed by atoms with van der Waals surface area (Å²) in [5, 5.41) is 11.7. The van der Waals surface area contributed by atoms with Crippen LogP contribution in [0.2, 0.25) is 0 Å².